The molecule has 0 spiro atoms. The van der Waals surface area contributed by atoms with Crippen LogP contribution in [0.1, 0.15) is 5.69 Å². The summed E-state index contributed by atoms with van der Waals surface area (Å²) in [6, 6.07) is 2.01. The molecule has 58 valence electrons. The van der Waals surface area contributed by atoms with Crippen LogP contribution in [0.15, 0.2) is 12.5 Å². The van der Waals surface area contributed by atoms with Gasteiger partial charge >= 0.3 is 0 Å². The number of nitrogens with one attached hydrogen (secondary N) is 2. The predicted octanol–water partition coefficient (Wildman–Crippen LogP) is 0.0654. The Balaban J connectivity index is 2.10. The van der Waals surface area contributed by atoms with Gasteiger partial charge in [0.25, 0.3) is 0 Å². The fraction of sp³-hybridized carbons (Fsp3) is 0.429. The second kappa shape index (κ2) is 4.47. The molecule has 0 aliphatic carbocycles. The summed E-state index contributed by atoms with van der Waals surface area (Å²) in [5.41, 5.74) is 1.09. The lowest BCUT2D eigenvalue weighted by atomic mass is 10.3. The van der Waals surface area contributed by atoms with Crippen molar-refractivity contribution >= 4 is 0 Å². The van der Waals surface area contributed by atoms with E-state index in [9.17, 15) is 0 Å². The molecule has 0 radical (unpaired) electrons. The third-order valence-electron chi connectivity index (χ3n) is 1.33. The maximum absolute atomic E-state index is 8.19. The molecule has 1 aromatic heterocycles. The van der Waals surface area contributed by atoms with Crippen LogP contribution < -0.4 is 5.32 Å². The van der Waals surface area contributed by atoms with Gasteiger partial charge in [0.15, 0.2) is 0 Å². The number of H-pyrrole nitrogens is 1. The van der Waals surface area contributed by atoms with Crippen LogP contribution in [0.25, 0.3) is 0 Å². The summed E-state index contributed by atoms with van der Waals surface area (Å²) in [6.07, 6.45) is 4.33. The van der Waals surface area contributed by atoms with Gasteiger partial charge in [0.1, 0.15) is 0 Å². The smallest absolute Gasteiger partial charge is 0.0921 e. The van der Waals surface area contributed by atoms with Gasteiger partial charge in [0.05, 0.1) is 18.9 Å². The lowest BCUT2D eigenvalue weighted by molar-refractivity contribution is 0.740. The molecule has 0 saturated carbocycles. The molecule has 0 bridgehead atoms. The zero-order chi connectivity index (χ0) is 7.94. The van der Waals surface area contributed by atoms with E-state index in [1.54, 1.807) is 12.5 Å². The van der Waals surface area contributed by atoms with Crippen molar-refractivity contribution in [2.75, 3.05) is 13.1 Å². The van der Waals surface area contributed by atoms with Gasteiger partial charge in [-0.1, -0.05) is 0 Å². The van der Waals surface area contributed by atoms with Gasteiger partial charge in [-0.15, -0.1) is 0 Å². The highest BCUT2D eigenvalue weighted by Gasteiger charge is 1.91. The molecule has 0 fully saturated rings. The van der Waals surface area contributed by atoms with E-state index in [0.29, 0.717) is 6.54 Å². The van der Waals surface area contributed by atoms with Gasteiger partial charge < -0.3 is 10.3 Å². The standard InChI is InChI=1S/C7H10N4/c8-2-4-9-3-1-7-5-10-6-11-7/h5-6,9H,1,3-4H2,(H,10,11). The first-order valence-corrected chi connectivity index (χ1v) is 3.48. The summed E-state index contributed by atoms with van der Waals surface area (Å²) in [5, 5.41) is 11.2. The topological polar surface area (TPSA) is 64.5 Å². The highest BCUT2D eigenvalue weighted by Crippen LogP contribution is 1.89. The predicted molar refractivity (Wildman–Crippen MR) is 40.8 cm³/mol. The minimum absolute atomic E-state index is 0.411. The Morgan fingerprint density at radius 1 is 1.73 bits per heavy atom. The van der Waals surface area contributed by atoms with Crippen molar-refractivity contribution in [2.24, 2.45) is 0 Å². The number of hydrogen-bond donors (Lipinski definition) is 2. The zero-order valence-corrected chi connectivity index (χ0v) is 6.17. The fourth-order valence-electron chi connectivity index (χ4n) is 0.789. The summed E-state index contributed by atoms with van der Waals surface area (Å²) in [7, 11) is 0. The van der Waals surface area contributed by atoms with Crippen molar-refractivity contribution < 1.29 is 0 Å². The molecule has 1 rings (SSSR count). The second-order valence-corrected chi connectivity index (χ2v) is 2.16. The Morgan fingerprint density at radius 2 is 2.64 bits per heavy atom. The van der Waals surface area contributed by atoms with Crippen molar-refractivity contribution in [2.45, 2.75) is 6.42 Å². The summed E-state index contributed by atoms with van der Waals surface area (Å²) >= 11 is 0. The van der Waals surface area contributed by atoms with Crippen molar-refractivity contribution in [3.8, 4) is 6.07 Å². The van der Waals surface area contributed by atoms with Crippen molar-refractivity contribution in [1.29, 1.82) is 5.26 Å². The Bertz CT molecular complexity index is 221. The number of nitriles is 1. The van der Waals surface area contributed by atoms with E-state index in [1.807, 2.05) is 6.07 Å². The van der Waals surface area contributed by atoms with Gasteiger partial charge in [-0.3, -0.25) is 0 Å². The molecule has 2 N–H and O–H groups in total. The molecule has 11 heavy (non-hydrogen) atoms. The Hall–Kier alpha value is -1.34. The van der Waals surface area contributed by atoms with Crippen molar-refractivity contribution in [1.82, 2.24) is 15.3 Å². The third-order valence-corrected chi connectivity index (χ3v) is 1.33. The molecule has 0 aromatic carbocycles. The van der Waals surface area contributed by atoms with E-state index >= 15 is 0 Å². The summed E-state index contributed by atoms with van der Waals surface area (Å²) in [5.74, 6) is 0. The second-order valence-electron chi connectivity index (χ2n) is 2.16. The fourth-order valence-corrected chi connectivity index (χ4v) is 0.789. The van der Waals surface area contributed by atoms with Crippen LogP contribution in [0.3, 0.4) is 0 Å². The van der Waals surface area contributed by atoms with Crippen LogP contribution in [-0.4, -0.2) is 23.1 Å². The molecule has 0 saturated heterocycles. The molecular weight excluding hydrogens is 140 g/mol. The number of imidazole rings is 1. The van der Waals surface area contributed by atoms with E-state index in [1.165, 1.54) is 0 Å². The van der Waals surface area contributed by atoms with Gasteiger partial charge in [-0.2, -0.15) is 5.26 Å². The van der Waals surface area contributed by atoms with E-state index in [0.717, 1.165) is 18.7 Å². The first-order valence-electron chi connectivity index (χ1n) is 3.48. The summed E-state index contributed by atoms with van der Waals surface area (Å²) in [6.45, 7) is 1.23. The number of hydrogen-bond acceptors (Lipinski definition) is 3. The Morgan fingerprint density at radius 3 is 3.27 bits per heavy atom. The molecule has 0 atom stereocenters. The van der Waals surface area contributed by atoms with E-state index in [-0.39, 0.29) is 0 Å². The molecule has 1 aromatic rings. The third kappa shape index (κ3) is 2.83. The quantitative estimate of drug-likeness (QED) is 0.471. The number of rotatable bonds is 4. The molecule has 1 heterocycles. The average Bonchev–Trinajstić information content (AvgIpc) is 2.50. The normalized spacial score (nSPS) is 9.36. The average molecular weight is 150 g/mol. The first-order chi connectivity index (χ1) is 5.43. The molecule has 0 aliphatic heterocycles. The van der Waals surface area contributed by atoms with Gasteiger partial charge in [-0.25, -0.2) is 4.98 Å². The first kappa shape index (κ1) is 7.76. The monoisotopic (exact) mass is 150 g/mol. The number of aromatic nitrogens is 2. The van der Waals surface area contributed by atoms with Gasteiger partial charge in [0.2, 0.25) is 0 Å². The van der Waals surface area contributed by atoms with Gasteiger partial charge in [-0.05, 0) is 0 Å². The molecule has 4 nitrogen and oxygen atoms in total. The largest absolute Gasteiger partial charge is 0.348 e. The molecule has 0 amide bonds. The van der Waals surface area contributed by atoms with Crippen LogP contribution in [-0.2, 0) is 6.42 Å². The van der Waals surface area contributed by atoms with Crippen LogP contribution >= 0.6 is 0 Å². The van der Waals surface area contributed by atoms with Crippen molar-refractivity contribution in [3.63, 3.8) is 0 Å². The molecule has 0 unspecified atom stereocenters. The molecular formula is C7H10N4. The van der Waals surface area contributed by atoms with E-state index in [2.05, 4.69) is 15.3 Å². The maximum atomic E-state index is 8.19. The SMILES string of the molecule is N#CCNCCc1cnc[nH]1. The number of nitrogens with zero attached hydrogens (tertiary/aromatic N) is 2. The molecule has 4 heteroatoms. The number of aromatic amines is 1. The minimum atomic E-state index is 0.411. The summed E-state index contributed by atoms with van der Waals surface area (Å²) in [4.78, 5) is 6.85. The van der Waals surface area contributed by atoms with Gasteiger partial charge in [0, 0.05) is 24.9 Å². The zero-order valence-electron chi connectivity index (χ0n) is 6.17. The Kier molecular flexibility index (Phi) is 3.16. The highest BCUT2D eigenvalue weighted by molar-refractivity contribution is 4.94. The lowest BCUT2D eigenvalue weighted by Gasteiger charge is -1.95. The van der Waals surface area contributed by atoms with Crippen LogP contribution in [0, 0.1) is 11.3 Å². The summed E-state index contributed by atoms with van der Waals surface area (Å²) < 4.78 is 0. The highest BCUT2D eigenvalue weighted by atomic mass is 14.9. The van der Waals surface area contributed by atoms with Crippen LogP contribution in [0.2, 0.25) is 0 Å². The van der Waals surface area contributed by atoms with Crippen molar-refractivity contribution in [3.05, 3.63) is 18.2 Å². The maximum Gasteiger partial charge on any atom is 0.0921 e. The van der Waals surface area contributed by atoms with E-state index in [4.69, 9.17) is 5.26 Å². The lowest BCUT2D eigenvalue weighted by Crippen LogP contribution is -2.17. The van der Waals surface area contributed by atoms with E-state index < -0.39 is 0 Å². The van der Waals surface area contributed by atoms with Crippen LogP contribution in [0.4, 0.5) is 0 Å². The minimum Gasteiger partial charge on any atom is -0.348 e. The Labute approximate surface area is 65.3 Å². The molecule has 0 aliphatic rings. The van der Waals surface area contributed by atoms with Crippen LogP contribution in [0.5, 0.6) is 0 Å².